The number of alkyl halides is 6. The summed E-state index contributed by atoms with van der Waals surface area (Å²) in [5.41, 5.74) is -2.35. The molecule has 6 aromatic carbocycles. The van der Waals surface area contributed by atoms with Crippen molar-refractivity contribution in [1.29, 1.82) is 0 Å². The molecule has 32 heteroatoms. The highest BCUT2D eigenvalue weighted by Crippen LogP contribution is 2.42. The molecule has 0 radical (unpaired) electrons. The molecular formula is C60H58Cl6F6N6O14. The van der Waals surface area contributed by atoms with Crippen molar-refractivity contribution in [2.75, 3.05) is 13.2 Å². The Kier molecular flexibility index (Phi) is 25.4. The number of halogens is 12. The first-order chi connectivity index (χ1) is 42.6. The molecule has 0 aliphatic heterocycles. The largest absolute Gasteiger partial charge is 0.489 e. The van der Waals surface area contributed by atoms with E-state index in [-0.39, 0.29) is 102 Å². The number of nitro benzene ring substituents is 2. The summed E-state index contributed by atoms with van der Waals surface area (Å²) >= 11 is 36.2. The van der Waals surface area contributed by atoms with E-state index in [4.69, 9.17) is 107 Å². The van der Waals surface area contributed by atoms with Gasteiger partial charge in [0.25, 0.3) is 0 Å². The first kappa shape index (κ1) is 74.8. The number of benzene rings is 6. The Labute approximate surface area is 551 Å². The molecule has 0 N–H and O–H groups in total. The number of hydrogen-bond acceptors (Lipinski definition) is 16. The van der Waals surface area contributed by atoms with Crippen LogP contribution in [0.1, 0.15) is 106 Å². The Morgan fingerprint density at radius 3 is 1.07 bits per heavy atom. The fraction of sp³-hybridized carbons (Fsp3) is 0.333. The minimum atomic E-state index is -4.52. The maximum atomic E-state index is 12.6. The molecular weight excluding hydrogens is 1360 g/mol. The predicted octanol–water partition coefficient (Wildman–Crippen LogP) is 19.4. The lowest BCUT2D eigenvalue weighted by molar-refractivity contribution is -0.386. The lowest BCUT2D eigenvalue weighted by Crippen LogP contribution is -2.15. The molecule has 0 saturated carbocycles. The molecule has 496 valence electrons. The van der Waals surface area contributed by atoms with Crippen LogP contribution in [0.3, 0.4) is 0 Å². The molecule has 2 aromatic heterocycles. The Bertz CT molecular complexity index is 3790. The van der Waals surface area contributed by atoms with E-state index in [1.54, 1.807) is 26.0 Å². The van der Waals surface area contributed by atoms with Crippen molar-refractivity contribution < 1.29 is 73.4 Å². The van der Waals surface area contributed by atoms with E-state index in [0.29, 0.717) is 44.7 Å². The molecule has 0 aliphatic rings. The van der Waals surface area contributed by atoms with E-state index < -0.39 is 44.8 Å². The highest BCUT2D eigenvalue weighted by molar-refractivity contribution is 6.37. The molecule has 0 spiro atoms. The number of nitrogens with zero attached hydrogens (tertiary/aromatic N) is 6. The third kappa shape index (κ3) is 20.6. The van der Waals surface area contributed by atoms with Gasteiger partial charge in [-0.3, -0.25) is 20.2 Å². The van der Waals surface area contributed by atoms with Crippen molar-refractivity contribution in [2.45, 2.75) is 118 Å². The second kappa shape index (κ2) is 31.2. The Morgan fingerprint density at radius 1 is 0.478 bits per heavy atom. The van der Waals surface area contributed by atoms with Crippen molar-refractivity contribution in [3.05, 3.63) is 191 Å². The van der Waals surface area contributed by atoms with Gasteiger partial charge in [-0.25, -0.2) is 9.59 Å². The second-order valence-electron chi connectivity index (χ2n) is 21.6. The molecule has 8 aromatic rings. The average molecular weight is 1410 g/mol. The number of ether oxygens (including phenoxy) is 6. The third-order valence-corrected chi connectivity index (χ3v) is 13.2. The van der Waals surface area contributed by atoms with Gasteiger partial charge in [0.2, 0.25) is 23.3 Å². The minimum absolute atomic E-state index is 0.0111. The summed E-state index contributed by atoms with van der Waals surface area (Å²) in [6.07, 6.45) is -9.16. The van der Waals surface area contributed by atoms with E-state index in [2.05, 4.69) is 10.2 Å². The smallest absolute Gasteiger partial charge is 0.442 e. The zero-order valence-electron chi connectivity index (χ0n) is 50.7. The van der Waals surface area contributed by atoms with E-state index in [1.807, 2.05) is 69.2 Å². The lowest BCUT2D eigenvalue weighted by atomic mass is 9.97. The normalized spacial score (nSPS) is 11.6. The minimum Gasteiger partial charge on any atom is -0.489 e. The van der Waals surface area contributed by atoms with Crippen LogP contribution < -0.4 is 39.9 Å². The van der Waals surface area contributed by atoms with Crippen LogP contribution >= 0.6 is 69.6 Å². The Morgan fingerprint density at radius 2 is 0.804 bits per heavy atom. The van der Waals surface area contributed by atoms with Crippen LogP contribution in [0.15, 0.2) is 115 Å². The maximum Gasteiger partial charge on any atom is 0.442 e. The van der Waals surface area contributed by atoms with Gasteiger partial charge < -0.3 is 37.3 Å². The zero-order chi connectivity index (χ0) is 69.1. The van der Waals surface area contributed by atoms with Crippen LogP contribution in [-0.2, 0) is 23.2 Å². The summed E-state index contributed by atoms with van der Waals surface area (Å²) in [5, 5.41) is 31.1. The van der Waals surface area contributed by atoms with Crippen molar-refractivity contribution in [3.8, 4) is 57.4 Å². The fourth-order valence-electron chi connectivity index (χ4n) is 7.25. The average Bonchev–Trinajstić information content (AvgIpc) is 1.61. The van der Waals surface area contributed by atoms with Gasteiger partial charge in [-0.1, -0.05) is 111 Å². The van der Waals surface area contributed by atoms with Gasteiger partial charge >= 0.3 is 35.2 Å². The van der Waals surface area contributed by atoms with Gasteiger partial charge in [0.15, 0.2) is 0 Å². The maximum absolute atomic E-state index is 12.6. The van der Waals surface area contributed by atoms with E-state index >= 15 is 0 Å². The van der Waals surface area contributed by atoms with E-state index in [1.165, 1.54) is 48.5 Å². The summed E-state index contributed by atoms with van der Waals surface area (Å²) in [5.74, 6) is 0.551. The summed E-state index contributed by atoms with van der Waals surface area (Å²) in [7, 11) is 0. The number of hydrogen-bond donors (Lipinski definition) is 0. The van der Waals surface area contributed by atoms with Gasteiger partial charge in [0.05, 0.1) is 87.9 Å². The number of rotatable bonds is 16. The van der Waals surface area contributed by atoms with Crippen LogP contribution in [0.5, 0.6) is 46.0 Å². The fourth-order valence-corrected chi connectivity index (χ4v) is 8.70. The molecule has 20 nitrogen and oxygen atoms in total. The lowest BCUT2D eigenvalue weighted by Gasteiger charge is -2.14. The molecule has 0 saturated heterocycles. The van der Waals surface area contributed by atoms with Crippen LogP contribution in [0.4, 0.5) is 37.7 Å². The number of nitro groups is 2. The summed E-state index contributed by atoms with van der Waals surface area (Å²) in [6, 6.07) is 19.0. The van der Waals surface area contributed by atoms with Gasteiger partial charge in [-0.05, 0) is 102 Å². The van der Waals surface area contributed by atoms with Crippen molar-refractivity contribution in [2.24, 2.45) is 0 Å². The molecule has 0 bridgehead atoms. The van der Waals surface area contributed by atoms with Crippen LogP contribution in [0, 0.1) is 20.2 Å². The quantitative estimate of drug-likeness (QED) is 0.0496. The van der Waals surface area contributed by atoms with Crippen LogP contribution in [-0.4, -0.2) is 54.8 Å². The van der Waals surface area contributed by atoms with Crippen molar-refractivity contribution in [1.82, 2.24) is 19.6 Å². The topological polar surface area (TPSA) is 238 Å². The van der Waals surface area contributed by atoms with Crippen LogP contribution in [0.25, 0.3) is 11.4 Å². The number of aromatic nitrogens is 4. The molecule has 8 rings (SSSR count). The third-order valence-electron chi connectivity index (χ3n) is 11.4. The van der Waals surface area contributed by atoms with Crippen molar-refractivity contribution >= 4 is 81.0 Å². The molecule has 0 amide bonds. The van der Waals surface area contributed by atoms with Gasteiger partial charge in [-0.2, -0.15) is 35.7 Å². The second-order valence-corrected chi connectivity index (χ2v) is 24.0. The molecule has 92 heavy (non-hydrogen) atoms. The SMILES string of the molecule is CC(C)Oc1cc(-n2nc(C(C)(C)C)oc2=O)c(Cl)cc1Cl.CC(C)Oc1cc(-n2nc(C(C)(C)C)oc2=O)c(Cl)cc1Cl.CCOc1cc(Oc2ccc(C(F)(F)F)cc2Cl)ccc1[N+](=O)[O-].CCOc1cc(Oc2ccc(C(F)(F)F)cc2Cl)ccc1[N+](=O)[O-]. The Balaban J connectivity index is 0.000000223. The first-order valence-corrected chi connectivity index (χ1v) is 29.3. The monoisotopic (exact) mass is 1410 g/mol. The molecule has 0 aliphatic carbocycles. The molecule has 2 heterocycles. The summed E-state index contributed by atoms with van der Waals surface area (Å²) in [6.45, 7) is 22.6. The van der Waals surface area contributed by atoms with Crippen LogP contribution in [0.2, 0.25) is 30.1 Å². The molecule has 0 fully saturated rings. The summed E-state index contributed by atoms with van der Waals surface area (Å²) < 4.78 is 121. The zero-order valence-corrected chi connectivity index (χ0v) is 55.3. The molecule has 0 atom stereocenters. The highest BCUT2D eigenvalue weighted by Gasteiger charge is 2.33. The highest BCUT2D eigenvalue weighted by atomic mass is 35.5. The predicted molar refractivity (Wildman–Crippen MR) is 335 cm³/mol. The molecule has 0 unspecified atom stereocenters. The Hall–Kier alpha value is -7.88. The first-order valence-electron chi connectivity index (χ1n) is 27.1. The van der Waals surface area contributed by atoms with Gasteiger partial charge in [0.1, 0.15) is 34.5 Å². The summed E-state index contributed by atoms with van der Waals surface area (Å²) in [4.78, 5) is 44.7. The van der Waals surface area contributed by atoms with Gasteiger partial charge in [-0.15, -0.1) is 10.2 Å². The van der Waals surface area contributed by atoms with E-state index in [0.717, 1.165) is 45.8 Å². The van der Waals surface area contributed by atoms with Gasteiger partial charge in [0, 0.05) is 47.2 Å². The van der Waals surface area contributed by atoms with E-state index in [9.17, 15) is 56.2 Å². The standard InChI is InChI=1S/2C15H18Cl2N2O3.2C15H11ClF3NO4/c2*1-8(2)21-12-7-11(9(16)6-10(12)17)19-14(20)22-13(18-19)15(3,4)5;2*1-2-23-14-8-10(4-5-12(14)20(21)22)24-13-6-3-9(7-11(13)16)15(17,18)19/h2*6-8H,1-5H3;2*3-8H,2H2,1H3. The van der Waals surface area contributed by atoms with Crippen molar-refractivity contribution in [3.63, 3.8) is 0 Å².